The molecular weight excluding hydrogens is 376 g/mol. The molecule has 0 unspecified atom stereocenters. The van der Waals surface area contributed by atoms with E-state index in [2.05, 4.69) is 46.8 Å². The van der Waals surface area contributed by atoms with Crippen molar-refractivity contribution in [3.63, 3.8) is 0 Å². The van der Waals surface area contributed by atoms with Crippen LogP contribution in [0.2, 0.25) is 0 Å². The summed E-state index contributed by atoms with van der Waals surface area (Å²) in [6.45, 7) is 4.49. The average Bonchev–Trinajstić information content (AvgIpc) is 3.31. The number of hydrogen-bond donors (Lipinski definition) is 2. The van der Waals surface area contributed by atoms with Crippen LogP contribution in [-0.4, -0.2) is 26.7 Å². The molecule has 156 valence electrons. The second-order valence-corrected chi connectivity index (χ2v) is 8.40. The average molecular weight is 405 g/mol. The van der Waals surface area contributed by atoms with Crippen molar-refractivity contribution < 1.29 is 9.59 Å². The molecule has 0 spiro atoms. The Hall–Kier alpha value is -3.15. The lowest BCUT2D eigenvalue weighted by Gasteiger charge is -2.29. The maximum atomic E-state index is 12.5. The van der Waals surface area contributed by atoms with Crippen LogP contribution < -0.4 is 10.6 Å². The van der Waals surface area contributed by atoms with E-state index in [-0.39, 0.29) is 17.4 Å². The highest BCUT2D eigenvalue weighted by atomic mass is 16.2. The van der Waals surface area contributed by atoms with E-state index >= 15 is 0 Å². The highest BCUT2D eigenvalue weighted by Gasteiger charge is 2.37. The molecule has 6 heteroatoms. The predicted molar refractivity (Wildman–Crippen MR) is 116 cm³/mol. The number of nitrogens with zero attached hydrogens (tertiary/aromatic N) is 2. The summed E-state index contributed by atoms with van der Waals surface area (Å²) in [5.41, 5.74) is 4.87. The highest BCUT2D eigenvalue weighted by Crippen LogP contribution is 2.29. The Bertz CT molecular complexity index is 1070. The fourth-order valence-corrected chi connectivity index (χ4v) is 4.19. The second-order valence-electron chi connectivity index (χ2n) is 8.40. The maximum Gasteiger partial charge on any atom is 0.220 e. The van der Waals surface area contributed by atoms with Gasteiger partial charge in [0, 0.05) is 30.3 Å². The van der Waals surface area contributed by atoms with Crippen molar-refractivity contribution >= 4 is 17.5 Å². The zero-order chi connectivity index (χ0) is 21.1. The van der Waals surface area contributed by atoms with Gasteiger partial charge in [-0.15, -0.1) is 0 Å². The van der Waals surface area contributed by atoms with Crippen molar-refractivity contribution in [2.45, 2.75) is 58.0 Å². The first-order chi connectivity index (χ1) is 14.4. The topological polar surface area (TPSA) is 75.5 Å². The minimum absolute atomic E-state index is 0.0202. The SMILES string of the molecule is Cc1ccc(C[C@@]2(CCC(=O)NCc3cn4c(C)cccc4n3)CCC(=O)N2)cc1. The largest absolute Gasteiger partial charge is 0.350 e. The van der Waals surface area contributed by atoms with Gasteiger partial charge in [0.05, 0.1) is 12.2 Å². The summed E-state index contributed by atoms with van der Waals surface area (Å²) in [4.78, 5) is 29.0. The molecule has 30 heavy (non-hydrogen) atoms. The van der Waals surface area contributed by atoms with Gasteiger partial charge in [0.1, 0.15) is 5.65 Å². The van der Waals surface area contributed by atoms with Gasteiger partial charge in [0.25, 0.3) is 0 Å². The van der Waals surface area contributed by atoms with Crippen LogP contribution in [0.5, 0.6) is 0 Å². The Morgan fingerprint density at radius 3 is 2.70 bits per heavy atom. The van der Waals surface area contributed by atoms with Crippen LogP contribution in [0.1, 0.15) is 48.2 Å². The number of aryl methyl sites for hydroxylation is 2. The van der Waals surface area contributed by atoms with Crippen molar-refractivity contribution in [1.82, 2.24) is 20.0 Å². The van der Waals surface area contributed by atoms with Crippen molar-refractivity contribution in [3.8, 4) is 0 Å². The monoisotopic (exact) mass is 404 g/mol. The molecule has 1 aliphatic rings. The molecule has 1 atom stereocenters. The lowest BCUT2D eigenvalue weighted by atomic mass is 9.84. The molecule has 6 nitrogen and oxygen atoms in total. The van der Waals surface area contributed by atoms with Crippen molar-refractivity contribution in [2.24, 2.45) is 0 Å². The van der Waals surface area contributed by atoms with E-state index in [1.54, 1.807) is 0 Å². The summed E-state index contributed by atoms with van der Waals surface area (Å²) < 4.78 is 2.02. The molecule has 1 aliphatic heterocycles. The fraction of sp³-hybridized carbons (Fsp3) is 0.375. The van der Waals surface area contributed by atoms with Gasteiger partial charge in [0.15, 0.2) is 0 Å². The Labute approximate surface area is 176 Å². The van der Waals surface area contributed by atoms with E-state index in [0.29, 0.717) is 25.8 Å². The third kappa shape index (κ3) is 4.53. The minimum Gasteiger partial charge on any atom is -0.350 e. The van der Waals surface area contributed by atoms with Crippen LogP contribution >= 0.6 is 0 Å². The van der Waals surface area contributed by atoms with E-state index in [1.165, 1.54) is 11.1 Å². The van der Waals surface area contributed by atoms with Gasteiger partial charge in [-0.2, -0.15) is 0 Å². The van der Waals surface area contributed by atoms with Crippen LogP contribution in [0, 0.1) is 13.8 Å². The van der Waals surface area contributed by atoms with Crippen molar-refractivity contribution in [3.05, 3.63) is 71.2 Å². The van der Waals surface area contributed by atoms with E-state index in [0.717, 1.165) is 29.9 Å². The molecule has 1 fully saturated rings. The number of carbonyl (C=O) groups excluding carboxylic acids is 2. The Morgan fingerprint density at radius 1 is 1.20 bits per heavy atom. The Balaban J connectivity index is 1.35. The molecule has 3 aromatic rings. The molecule has 3 heterocycles. The number of nitrogens with one attached hydrogen (secondary N) is 2. The third-order valence-corrected chi connectivity index (χ3v) is 5.94. The molecule has 0 bridgehead atoms. The molecule has 0 aliphatic carbocycles. The van der Waals surface area contributed by atoms with Crippen LogP contribution in [0.25, 0.3) is 5.65 Å². The van der Waals surface area contributed by atoms with Gasteiger partial charge in [-0.25, -0.2) is 4.98 Å². The molecule has 2 N–H and O–H groups in total. The van der Waals surface area contributed by atoms with E-state index < -0.39 is 0 Å². The first-order valence-electron chi connectivity index (χ1n) is 10.5. The molecule has 4 rings (SSSR count). The van der Waals surface area contributed by atoms with Crippen LogP contribution in [0.15, 0.2) is 48.7 Å². The summed E-state index contributed by atoms with van der Waals surface area (Å²) in [5.74, 6) is 0.0517. The fourth-order valence-electron chi connectivity index (χ4n) is 4.19. The van der Waals surface area contributed by atoms with Gasteiger partial charge in [-0.1, -0.05) is 35.9 Å². The third-order valence-electron chi connectivity index (χ3n) is 5.94. The lowest BCUT2D eigenvalue weighted by Crippen LogP contribution is -2.44. The maximum absolute atomic E-state index is 12.5. The van der Waals surface area contributed by atoms with Crippen LogP contribution in [0.4, 0.5) is 0 Å². The number of benzene rings is 1. The van der Waals surface area contributed by atoms with Gasteiger partial charge in [0.2, 0.25) is 11.8 Å². The van der Waals surface area contributed by atoms with Gasteiger partial charge >= 0.3 is 0 Å². The number of hydrogen-bond acceptors (Lipinski definition) is 3. The van der Waals surface area contributed by atoms with Crippen LogP contribution in [-0.2, 0) is 22.6 Å². The number of rotatable bonds is 7. The van der Waals surface area contributed by atoms with Crippen molar-refractivity contribution in [1.29, 1.82) is 0 Å². The Morgan fingerprint density at radius 2 is 2.00 bits per heavy atom. The minimum atomic E-state index is -0.343. The summed E-state index contributed by atoms with van der Waals surface area (Å²) in [7, 11) is 0. The molecular formula is C24H28N4O2. The number of carbonyl (C=O) groups is 2. The quantitative estimate of drug-likeness (QED) is 0.635. The van der Waals surface area contributed by atoms with E-state index in [1.807, 2.05) is 35.7 Å². The van der Waals surface area contributed by atoms with Gasteiger partial charge in [-0.3, -0.25) is 9.59 Å². The van der Waals surface area contributed by atoms with Crippen LogP contribution in [0.3, 0.4) is 0 Å². The van der Waals surface area contributed by atoms with Gasteiger partial charge in [-0.05, 0) is 50.8 Å². The summed E-state index contributed by atoms with van der Waals surface area (Å²) >= 11 is 0. The summed E-state index contributed by atoms with van der Waals surface area (Å²) in [5, 5.41) is 6.12. The van der Waals surface area contributed by atoms with Gasteiger partial charge < -0.3 is 15.0 Å². The number of fused-ring (bicyclic) bond motifs is 1. The first-order valence-corrected chi connectivity index (χ1v) is 10.5. The standard InChI is InChI=1S/C24H28N4O2/c1-17-6-8-19(9-7-17)14-24(13-11-23(30)27-24)12-10-22(29)25-15-20-16-28-18(2)4-3-5-21(28)26-20/h3-9,16H,10-15H2,1-2H3,(H,25,29)(H,27,30)/t24-/m1/s1. The highest BCUT2D eigenvalue weighted by molar-refractivity contribution is 5.80. The molecule has 1 aromatic carbocycles. The summed E-state index contributed by atoms with van der Waals surface area (Å²) in [6, 6.07) is 14.3. The molecule has 1 saturated heterocycles. The van der Waals surface area contributed by atoms with E-state index in [4.69, 9.17) is 0 Å². The Kier molecular flexibility index (Phi) is 5.57. The number of pyridine rings is 1. The van der Waals surface area contributed by atoms with Crippen molar-refractivity contribution in [2.75, 3.05) is 0 Å². The normalized spacial score (nSPS) is 18.5. The first kappa shape index (κ1) is 20.1. The number of aromatic nitrogens is 2. The van der Waals surface area contributed by atoms with E-state index in [9.17, 15) is 9.59 Å². The molecule has 0 radical (unpaired) electrons. The molecule has 2 amide bonds. The predicted octanol–water partition coefficient (Wildman–Crippen LogP) is 3.24. The number of imidazole rings is 1. The lowest BCUT2D eigenvalue weighted by molar-refractivity contribution is -0.122. The smallest absolute Gasteiger partial charge is 0.220 e. The second kappa shape index (κ2) is 8.30. The zero-order valence-corrected chi connectivity index (χ0v) is 17.6. The molecule has 2 aromatic heterocycles. The summed E-state index contributed by atoms with van der Waals surface area (Å²) in [6.07, 6.45) is 4.99. The molecule has 0 saturated carbocycles. The number of amides is 2. The zero-order valence-electron chi connectivity index (χ0n) is 17.6.